The average molecular weight is 201 g/mol. The smallest absolute Gasteiger partial charge is 0.328 e. The van der Waals surface area contributed by atoms with Crippen molar-refractivity contribution in [1.82, 2.24) is 0 Å². The van der Waals surface area contributed by atoms with Crippen LogP contribution in [0.25, 0.3) is 0 Å². The van der Waals surface area contributed by atoms with Crippen molar-refractivity contribution < 1.29 is 29.7 Å². The lowest BCUT2D eigenvalue weighted by atomic mass is 10.5. The standard InChI is InChI=1S/C4H4O4.C3H3NO2/c5-3(6)1-2-4(7)8;1-2-4-6-5-3-1/h1-2H,(H,5,6)(H,7,8);1-3H. The third-order valence-corrected chi connectivity index (χ3v) is 0.736. The molecule has 7 nitrogen and oxygen atoms in total. The van der Waals surface area contributed by atoms with Crippen LogP contribution in [0.1, 0.15) is 0 Å². The zero-order chi connectivity index (χ0) is 10.8. The summed E-state index contributed by atoms with van der Waals surface area (Å²) in [6.07, 6.45) is 5.63. The minimum Gasteiger partial charge on any atom is -0.478 e. The van der Waals surface area contributed by atoms with Crippen molar-refractivity contribution in [1.29, 1.82) is 0 Å². The Kier molecular flexibility index (Phi) is 6.13. The summed E-state index contributed by atoms with van der Waals surface area (Å²) in [5, 5.41) is 18.9. The molecule has 0 saturated heterocycles. The van der Waals surface area contributed by atoms with Crippen molar-refractivity contribution in [3.63, 3.8) is 0 Å². The van der Waals surface area contributed by atoms with Gasteiger partial charge in [0.1, 0.15) is 6.26 Å². The quantitative estimate of drug-likeness (QED) is 0.487. The molecular formula is C7H7NO6. The van der Waals surface area contributed by atoms with E-state index in [1.165, 1.54) is 12.5 Å². The molecule has 1 aliphatic heterocycles. The summed E-state index contributed by atoms with van der Waals surface area (Å²) >= 11 is 0. The van der Waals surface area contributed by atoms with Crippen LogP contribution >= 0.6 is 0 Å². The summed E-state index contributed by atoms with van der Waals surface area (Å²) in [4.78, 5) is 27.4. The summed E-state index contributed by atoms with van der Waals surface area (Å²) in [7, 11) is 0. The number of nitrogens with zero attached hydrogens (tertiary/aromatic N) is 1. The Hall–Kier alpha value is -2.31. The molecule has 14 heavy (non-hydrogen) atoms. The average Bonchev–Trinajstić information content (AvgIpc) is 2.18. The molecule has 0 unspecified atom stereocenters. The molecule has 0 aromatic carbocycles. The van der Waals surface area contributed by atoms with Gasteiger partial charge in [-0.25, -0.2) is 9.59 Å². The van der Waals surface area contributed by atoms with Gasteiger partial charge in [-0.1, -0.05) is 0 Å². The number of hydrogen-bond acceptors (Lipinski definition) is 5. The fourth-order valence-corrected chi connectivity index (χ4v) is 0.319. The number of carboxylic acid groups (broad SMARTS) is 2. The lowest BCUT2D eigenvalue weighted by molar-refractivity contribution is -0.251. The molecule has 0 saturated carbocycles. The van der Waals surface area contributed by atoms with E-state index in [0.717, 1.165) is 0 Å². The second-order valence-corrected chi connectivity index (χ2v) is 1.76. The Morgan fingerprint density at radius 2 is 1.79 bits per heavy atom. The number of hydrogen-bond donors (Lipinski definition) is 2. The minimum absolute atomic E-state index is 0.558. The van der Waals surface area contributed by atoms with E-state index in [1.807, 2.05) is 0 Å². The fourth-order valence-electron chi connectivity index (χ4n) is 0.319. The molecule has 0 atom stereocenters. The molecule has 7 heteroatoms. The lowest BCUT2D eigenvalue weighted by Crippen LogP contribution is -1.91. The molecule has 1 aliphatic rings. The van der Waals surface area contributed by atoms with Crippen LogP contribution in [0.2, 0.25) is 0 Å². The fraction of sp³-hybridized carbons (Fsp3) is 0. The molecule has 0 amide bonds. The maximum Gasteiger partial charge on any atom is 0.328 e. The van der Waals surface area contributed by atoms with Crippen LogP contribution in [0, 0.1) is 0 Å². The highest BCUT2D eigenvalue weighted by Crippen LogP contribution is 1.84. The summed E-state index contributed by atoms with van der Waals surface area (Å²) in [6, 6.07) is 0. The van der Waals surface area contributed by atoms with Crippen molar-refractivity contribution in [2.24, 2.45) is 5.16 Å². The van der Waals surface area contributed by atoms with Gasteiger partial charge in [0.2, 0.25) is 0 Å². The third-order valence-electron chi connectivity index (χ3n) is 0.736. The normalized spacial score (nSPS) is 12.3. The second-order valence-electron chi connectivity index (χ2n) is 1.76. The van der Waals surface area contributed by atoms with E-state index in [9.17, 15) is 9.59 Å². The van der Waals surface area contributed by atoms with Crippen LogP contribution < -0.4 is 0 Å². The predicted octanol–water partition coefficient (Wildman–Crippen LogP) is 0.160. The van der Waals surface area contributed by atoms with E-state index in [-0.39, 0.29) is 0 Å². The topological polar surface area (TPSA) is 105 Å². The third kappa shape index (κ3) is 9.69. The monoisotopic (exact) mass is 201 g/mol. The number of carboxylic acids is 2. The van der Waals surface area contributed by atoms with Gasteiger partial charge in [0, 0.05) is 12.2 Å². The summed E-state index contributed by atoms with van der Waals surface area (Å²) in [6.45, 7) is 0. The van der Waals surface area contributed by atoms with E-state index < -0.39 is 11.9 Å². The molecule has 1 rings (SSSR count). The summed E-state index contributed by atoms with van der Waals surface area (Å²) in [5.74, 6) is -2.51. The van der Waals surface area contributed by atoms with Crippen LogP contribution in [0.4, 0.5) is 0 Å². The van der Waals surface area contributed by atoms with Crippen LogP contribution in [0.5, 0.6) is 0 Å². The first kappa shape index (κ1) is 11.7. The zero-order valence-electron chi connectivity index (χ0n) is 6.86. The number of aliphatic carboxylic acids is 2. The Labute approximate surface area is 78.5 Å². The predicted molar refractivity (Wildman–Crippen MR) is 44.2 cm³/mol. The van der Waals surface area contributed by atoms with Gasteiger partial charge in [-0.2, -0.15) is 4.99 Å². The molecule has 0 aromatic heterocycles. The van der Waals surface area contributed by atoms with Gasteiger partial charge in [-0.15, -0.1) is 0 Å². The highest BCUT2D eigenvalue weighted by Gasteiger charge is 1.88. The van der Waals surface area contributed by atoms with Crippen molar-refractivity contribution >= 4 is 18.2 Å². The maximum atomic E-state index is 9.55. The maximum absolute atomic E-state index is 9.55. The molecule has 1 heterocycles. The van der Waals surface area contributed by atoms with Crippen LogP contribution in [-0.2, 0) is 19.5 Å². The molecule has 76 valence electrons. The van der Waals surface area contributed by atoms with Gasteiger partial charge < -0.3 is 10.2 Å². The van der Waals surface area contributed by atoms with E-state index in [4.69, 9.17) is 10.2 Å². The number of allylic oxidation sites excluding steroid dienone is 1. The van der Waals surface area contributed by atoms with E-state index in [1.54, 1.807) is 6.08 Å². The molecule has 0 spiro atoms. The molecular weight excluding hydrogens is 194 g/mol. The second kappa shape index (κ2) is 7.35. The van der Waals surface area contributed by atoms with Crippen LogP contribution in [0.3, 0.4) is 0 Å². The summed E-state index contributed by atoms with van der Waals surface area (Å²) in [5.41, 5.74) is 0. The van der Waals surface area contributed by atoms with Crippen molar-refractivity contribution in [2.45, 2.75) is 0 Å². The first-order chi connectivity index (χ1) is 6.63. The number of rotatable bonds is 2. The Balaban J connectivity index is 0.000000249. The van der Waals surface area contributed by atoms with Gasteiger partial charge in [0.15, 0.2) is 0 Å². The first-order valence-electron chi connectivity index (χ1n) is 3.28. The molecule has 0 aliphatic carbocycles. The molecule has 0 aromatic rings. The Bertz CT molecular complexity index is 252. The van der Waals surface area contributed by atoms with Gasteiger partial charge in [-0.3, -0.25) is 4.89 Å². The Morgan fingerprint density at radius 1 is 1.21 bits per heavy atom. The van der Waals surface area contributed by atoms with Crippen molar-refractivity contribution in [3.05, 3.63) is 24.5 Å². The van der Waals surface area contributed by atoms with Crippen molar-refractivity contribution in [3.8, 4) is 0 Å². The Morgan fingerprint density at radius 3 is 1.93 bits per heavy atom. The largest absolute Gasteiger partial charge is 0.478 e. The van der Waals surface area contributed by atoms with Gasteiger partial charge in [-0.05, 0) is 11.2 Å². The van der Waals surface area contributed by atoms with E-state index >= 15 is 0 Å². The highest BCUT2D eigenvalue weighted by molar-refractivity contribution is 5.89. The number of oxime groups is 1. The van der Waals surface area contributed by atoms with Gasteiger partial charge in [0.05, 0.1) is 6.21 Å². The summed E-state index contributed by atoms with van der Waals surface area (Å²) < 4.78 is 0. The van der Waals surface area contributed by atoms with Gasteiger partial charge >= 0.3 is 11.9 Å². The van der Waals surface area contributed by atoms with Crippen LogP contribution in [-0.4, -0.2) is 28.4 Å². The zero-order valence-corrected chi connectivity index (χ0v) is 6.86. The van der Waals surface area contributed by atoms with Crippen LogP contribution in [0.15, 0.2) is 29.6 Å². The molecule has 0 bridgehead atoms. The molecule has 0 radical (unpaired) electrons. The highest BCUT2D eigenvalue weighted by atomic mass is 17.3. The molecule has 0 fully saturated rings. The van der Waals surface area contributed by atoms with Gasteiger partial charge in [0.25, 0.3) is 0 Å². The van der Waals surface area contributed by atoms with E-state index in [0.29, 0.717) is 12.2 Å². The number of carbonyl (C=O) groups is 2. The minimum atomic E-state index is -1.26. The molecule has 2 N–H and O–H groups in total. The lowest BCUT2D eigenvalue weighted by Gasteiger charge is -1.92. The van der Waals surface area contributed by atoms with Crippen molar-refractivity contribution in [2.75, 3.05) is 0 Å². The van der Waals surface area contributed by atoms with E-state index in [2.05, 4.69) is 15.0 Å². The SMILES string of the molecule is C1=COON=C1.O=C(O)C=CC(=O)O. The first-order valence-corrected chi connectivity index (χ1v) is 3.28.